The number of hydrogen-bond donors (Lipinski definition) is 2. The Morgan fingerprint density at radius 2 is 1.74 bits per heavy atom. The zero-order valence-electron chi connectivity index (χ0n) is 10.7. The number of anilines is 2. The molecule has 0 atom stereocenters. The van der Waals surface area contributed by atoms with Gasteiger partial charge in [0.1, 0.15) is 4.60 Å². The molecule has 2 aromatic rings. The Bertz CT molecular complexity index is 596. The van der Waals surface area contributed by atoms with E-state index in [1.807, 2.05) is 38.1 Å². The van der Waals surface area contributed by atoms with E-state index in [0.717, 1.165) is 21.5 Å². The lowest BCUT2D eigenvalue weighted by Crippen LogP contribution is -2.20. The number of halogens is 1. The lowest BCUT2D eigenvalue weighted by atomic mass is 10.2. The van der Waals surface area contributed by atoms with Crippen molar-refractivity contribution < 1.29 is 4.79 Å². The molecule has 0 aliphatic rings. The summed E-state index contributed by atoms with van der Waals surface area (Å²) >= 11 is 3.28. The van der Waals surface area contributed by atoms with E-state index in [-0.39, 0.29) is 6.03 Å². The maximum atomic E-state index is 11.8. The van der Waals surface area contributed by atoms with Gasteiger partial charge in [-0.05, 0) is 54.0 Å². The monoisotopic (exact) mass is 319 g/mol. The molecule has 1 aromatic heterocycles. The molecule has 2 amide bonds. The number of rotatable bonds is 2. The molecule has 1 aromatic carbocycles. The van der Waals surface area contributed by atoms with Gasteiger partial charge in [0.15, 0.2) is 0 Å². The SMILES string of the molecule is Cc1ccc(NC(=O)Nc2ccc(Br)nc2C)cc1. The largest absolute Gasteiger partial charge is 0.323 e. The Balaban J connectivity index is 2.03. The molecular weight excluding hydrogens is 306 g/mol. The number of carbonyl (C=O) groups is 1. The van der Waals surface area contributed by atoms with Crippen LogP contribution >= 0.6 is 15.9 Å². The Morgan fingerprint density at radius 1 is 1.05 bits per heavy atom. The van der Waals surface area contributed by atoms with Crippen molar-refractivity contribution in [2.24, 2.45) is 0 Å². The van der Waals surface area contributed by atoms with Crippen molar-refractivity contribution in [3.8, 4) is 0 Å². The molecule has 98 valence electrons. The van der Waals surface area contributed by atoms with Crippen LogP contribution < -0.4 is 10.6 Å². The van der Waals surface area contributed by atoms with E-state index in [4.69, 9.17) is 0 Å². The lowest BCUT2D eigenvalue weighted by Gasteiger charge is -2.09. The highest BCUT2D eigenvalue weighted by Gasteiger charge is 2.05. The molecule has 0 aliphatic heterocycles. The Morgan fingerprint density at radius 3 is 2.37 bits per heavy atom. The van der Waals surface area contributed by atoms with E-state index in [1.54, 1.807) is 12.1 Å². The number of amides is 2. The van der Waals surface area contributed by atoms with Crippen LogP contribution in [0, 0.1) is 13.8 Å². The zero-order chi connectivity index (χ0) is 13.8. The molecule has 0 unspecified atom stereocenters. The lowest BCUT2D eigenvalue weighted by molar-refractivity contribution is 0.262. The first kappa shape index (κ1) is 13.5. The first-order chi connectivity index (χ1) is 9.04. The summed E-state index contributed by atoms with van der Waals surface area (Å²) in [6.45, 7) is 3.84. The van der Waals surface area contributed by atoms with Crippen molar-refractivity contribution in [3.05, 3.63) is 52.3 Å². The van der Waals surface area contributed by atoms with E-state index < -0.39 is 0 Å². The van der Waals surface area contributed by atoms with Gasteiger partial charge >= 0.3 is 6.03 Å². The minimum absolute atomic E-state index is 0.281. The molecule has 4 nitrogen and oxygen atoms in total. The molecular formula is C14H14BrN3O. The van der Waals surface area contributed by atoms with Crippen LogP contribution in [0.3, 0.4) is 0 Å². The Hall–Kier alpha value is -1.88. The average Bonchev–Trinajstić information content (AvgIpc) is 2.36. The topological polar surface area (TPSA) is 54.0 Å². The first-order valence-corrected chi connectivity index (χ1v) is 6.62. The van der Waals surface area contributed by atoms with E-state index in [1.165, 1.54) is 0 Å². The van der Waals surface area contributed by atoms with Crippen LogP contribution in [0.2, 0.25) is 0 Å². The smallest absolute Gasteiger partial charge is 0.308 e. The van der Waals surface area contributed by atoms with Gasteiger partial charge in [0.2, 0.25) is 0 Å². The predicted octanol–water partition coefficient (Wildman–Crippen LogP) is 4.10. The van der Waals surface area contributed by atoms with Crippen LogP contribution in [0.4, 0.5) is 16.2 Å². The normalized spacial score (nSPS) is 10.1. The summed E-state index contributed by atoms with van der Waals surface area (Å²) < 4.78 is 0.745. The van der Waals surface area contributed by atoms with Crippen molar-refractivity contribution in [1.29, 1.82) is 0 Å². The fourth-order valence-corrected chi connectivity index (χ4v) is 1.98. The molecule has 19 heavy (non-hydrogen) atoms. The minimum Gasteiger partial charge on any atom is -0.308 e. The van der Waals surface area contributed by atoms with Gasteiger partial charge in [-0.3, -0.25) is 0 Å². The highest BCUT2D eigenvalue weighted by Crippen LogP contribution is 2.16. The quantitative estimate of drug-likeness (QED) is 0.818. The molecule has 0 fully saturated rings. The molecule has 0 spiro atoms. The summed E-state index contributed by atoms with van der Waals surface area (Å²) in [6.07, 6.45) is 0. The van der Waals surface area contributed by atoms with Crippen molar-refractivity contribution in [2.45, 2.75) is 13.8 Å². The maximum absolute atomic E-state index is 11.8. The van der Waals surface area contributed by atoms with E-state index in [0.29, 0.717) is 5.69 Å². The third-order valence-corrected chi connectivity index (χ3v) is 3.05. The summed E-state index contributed by atoms with van der Waals surface area (Å²) in [6, 6.07) is 10.9. The van der Waals surface area contributed by atoms with Gasteiger partial charge in [0.05, 0.1) is 11.4 Å². The maximum Gasteiger partial charge on any atom is 0.323 e. The molecule has 5 heteroatoms. The van der Waals surface area contributed by atoms with Crippen LogP contribution in [-0.4, -0.2) is 11.0 Å². The van der Waals surface area contributed by atoms with Gasteiger partial charge in [-0.25, -0.2) is 9.78 Å². The van der Waals surface area contributed by atoms with Gasteiger partial charge in [-0.15, -0.1) is 0 Å². The van der Waals surface area contributed by atoms with Crippen molar-refractivity contribution in [2.75, 3.05) is 10.6 Å². The van der Waals surface area contributed by atoms with Crippen molar-refractivity contribution >= 4 is 33.3 Å². The van der Waals surface area contributed by atoms with Crippen LogP contribution in [0.5, 0.6) is 0 Å². The summed E-state index contributed by atoms with van der Waals surface area (Å²) in [5.41, 5.74) is 3.35. The molecule has 0 bridgehead atoms. The number of aryl methyl sites for hydroxylation is 2. The number of benzene rings is 1. The summed E-state index contributed by atoms with van der Waals surface area (Å²) in [5, 5.41) is 5.54. The van der Waals surface area contributed by atoms with Gasteiger partial charge in [-0.1, -0.05) is 17.7 Å². The molecule has 2 rings (SSSR count). The second-order valence-corrected chi connectivity index (χ2v) is 5.02. The number of nitrogens with one attached hydrogen (secondary N) is 2. The Kier molecular flexibility index (Phi) is 4.16. The van der Waals surface area contributed by atoms with Gasteiger partial charge in [0.25, 0.3) is 0 Å². The van der Waals surface area contributed by atoms with Gasteiger partial charge in [0, 0.05) is 5.69 Å². The molecule has 0 saturated heterocycles. The van der Waals surface area contributed by atoms with Crippen LogP contribution in [0.25, 0.3) is 0 Å². The highest BCUT2D eigenvalue weighted by molar-refractivity contribution is 9.10. The molecule has 0 saturated carbocycles. The third kappa shape index (κ3) is 3.79. The van der Waals surface area contributed by atoms with Gasteiger partial charge in [-0.2, -0.15) is 0 Å². The minimum atomic E-state index is -0.281. The number of hydrogen-bond acceptors (Lipinski definition) is 2. The van der Waals surface area contributed by atoms with Gasteiger partial charge < -0.3 is 10.6 Å². The summed E-state index contributed by atoms with van der Waals surface area (Å²) in [7, 11) is 0. The number of carbonyl (C=O) groups excluding carboxylic acids is 1. The highest BCUT2D eigenvalue weighted by atomic mass is 79.9. The number of urea groups is 1. The van der Waals surface area contributed by atoms with E-state index in [9.17, 15) is 4.79 Å². The molecule has 1 heterocycles. The van der Waals surface area contributed by atoms with Crippen LogP contribution in [0.15, 0.2) is 41.0 Å². The molecule has 2 N–H and O–H groups in total. The number of nitrogens with zero attached hydrogens (tertiary/aromatic N) is 1. The first-order valence-electron chi connectivity index (χ1n) is 5.82. The van der Waals surface area contributed by atoms with E-state index in [2.05, 4.69) is 31.5 Å². The predicted molar refractivity (Wildman–Crippen MR) is 80.5 cm³/mol. The second kappa shape index (κ2) is 5.84. The zero-order valence-corrected chi connectivity index (χ0v) is 12.3. The third-order valence-electron chi connectivity index (χ3n) is 2.61. The molecule has 0 aliphatic carbocycles. The fraction of sp³-hybridized carbons (Fsp3) is 0.143. The van der Waals surface area contributed by atoms with Crippen LogP contribution in [0.1, 0.15) is 11.3 Å². The summed E-state index contributed by atoms with van der Waals surface area (Å²) in [5.74, 6) is 0. The number of pyridine rings is 1. The number of aromatic nitrogens is 1. The standard InChI is InChI=1S/C14H14BrN3O/c1-9-3-5-11(6-4-9)17-14(19)18-12-7-8-13(15)16-10(12)2/h3-8H,1-2H3,(H2,17,18,19). The van der Waals surface area contributed by atoms with Crippen molar-refractivity contribution in [1.82, 2.24) is 4.98 Å². The second-order valence-electron chi connectivity index (χ2n) is 4.21. The fourth-order valence-electron chi connectivity index (χ4n) is 1.58. The van der Waals surface area contributed by atoms with Crippen molar-refractivity contribution in [3.63, 3.8) is 0 Å². The van der Waals surface area contributed by atoms with E-state index >= 15 is 0 Å². The summed E-state index contributed by atoms with van der Waals surface area (Å²) in [4.78, 5) is 16.1. The van der Waals surface area contributed by atoms with Crippen LogP contribution in [-0.2, 0) is 0 Å². The average molecular weight is 320 g/mol. The Labute approximate surface area is 120 Å². The molecule has 0 radical (unpaired) electrons.